The summed E-state index contributed by atoms with van der Waals surface area (Å²) in [6, 6.07) is 37.9. The molecule has 8 rings (SSSR count). The van der Waals surface area contributed by atoms with E-state index in [-0.39, 0.29) is 0 Å². The third-order valence-electron chi connectivity index (χ3n) is 8.14. The largest absolute Gasteiger partial charge is 0.355 e. The highest BCUT2D eigenvalue weighted by Crippen LogP contribution is 2.45. The Morgan fingerprint density at radius 1 is 0.556 bits per heavy atom. The lowest BCUT2D eigenvalue weighted by Gasteiger charge is -2.21. The minimum absolute atomic E-state index is 1.11. The Hall–Kier alpha value is -4.30. The van der Waals surface area contributed by atoms with Crippen molar-refractivity contribution in [2.24, 2.45) is 0 Å². The molecule has 172 valence electrons. The van der Waals surface area contributed by atoms with Gasteiger partial charge in [-0.2, -0.15) is 0 Å². The molecule has 0 radical (unpaired) electrons. The molecule has 6 aromatic rings. The van der Waals surface area contributed by atoms with Gasteiger partial charge in [-0.3, -0.25) is 0 Å². The summed E-state index contributed by atoms with van der Waals surface area (Å²) in [4.78, 5) is 0. The average molecular weight is 463 g/mol. The quantitative estimate of drug-likeness (QED) is 0.278. The number of nitrogens with zero attached hydrogens (tertiary/aromatic N) is 1. The number of benzene rings is 5. The Kier molecular flexibility index (Phi) is 4.21. The van der Waals surface area contributed by atoms with Crippen LogP contribution >= 0.6 is 0 Å². The molecule has 1 N–H and O–H groups in total. The van der Waals surface area contributed by atoms with E-state index in [0.29, 0.717) is 0 Å². The van der Waals surface area contributed by atoms with Gasteiger partial charge in [0.05, 0.1) is 11.0 Å². The monoisotopic (exact) mass is 462 g/mol. The van der Waals surface area contributed by atoms with Gasteiger partial charge >= 0.3 is 0 Å². The summed E-state index contributed by atoms with van der Waals surface area (Å²) in [6.45, 7) is 0. The van der Waals surface area contributed by atoms with E-state index in [9.17, 15) is 0 Å². The van der Waals surface area contributed by atoms with E-state index >= 15 is 0 Å². The molecule has 1 aromatic heterocycles. The molecule has 2 aliphatic carbocycles. The number of aryl methyl sites for hydroxylation is 4. The van der Waals surface area contributed by atoms with Crippen LogP contribution in [0, 0.1) is 0 Å². The summed E-state index contributed by atoms with van der Waals surface area (Å²) in [5.41, 5.74) is 14.6. The maximum absolute atomic E-state index is 3.76. The third-order valence-corrected chi connectivity index (χ3v) is 8.14. The van der Waals surface area contributed by atoms with E-state index in [0.717, 1.165) is 11.4 Å². The Labute approximate surface area is 210 Å². The van der Waals surface area contributed by atoms with Crippen molar-refractivity contribution < 1.29 is 0 Å². The Balaban J connectivity index is 1.49. The molecule has 0 fully saturated rings. The van der Waals surface area contributed by atoms with Crippen molar-refractivity contribution in [2.75, 3.05) is 5.32 Å². The molecule has 2 aliphatic rings. The topological polar surface area (TPSA) is 17.0 Å². The molecular weight excluding hydrogens is 436 g/mol. The highest BCUT2D eigenvalue weighted by molar-refractivity contribution is 6.19. The van der Waals surface area contributed by atoms with Gasteiger partial charge in [0.25, 0.3) is 0 Å². The second-order valence-electron chi connectivity index (χ2n) is 10.2. The van der Waals surface area contributed by atoms with E-state index < -0.39 is 0 Å². The van der Waals surface area contributed by atoms with Crippen molar-refractivity contribution in [1.82, 2.24) is 4.57 Å². The third kappa shape index (κ3) is 2.91. The number of hydrogen-bond acceptors (Lipinski definition) is 1. The fraction of sp³-hybridized carbons (Fsp3) is 0.118. The molecule has 1 heterocycles. The van der Waals surface area contributed by atoms with Crippen molar-refractivity contribution in [3.8, 4) is 16.8 Å². The number of hydrogen-bond donors (Lipinski definition) is 1. The highest BCUT2D eigenvalue weighted by atomic mass is 15.0. The Bertz CT molecular complexity index is 1790. The first-order chi connectivity index (χ1) is 17.8. The second-order valence-corrected chi connectivity index (χ2v) is 10.2. The molecule has 0 saturated carbocycles. The summed E-state index contributed by atoms with van der Waals surface area (Å²) in [6.07, 6.45) is 4.74. The van der Waals surface area contributed by atoms with Gasteiger partial charge in [0, 0.05) is 33.4 Å². The Morgan fingerprint density at radius 2 is 1.25 bits per heavy atom. The van der Waals surface area contributed by atoms with Gasteiger partial charge in [0.2, 0.25) is 0 Å². The van der Waals surface area contributed by atoms with E-state index in [1.807, 2.05) is 0 Å². The lowest BCUT2D eigenvalue weighted by molar-refractivity contribution is 0.840. The number of anilines is 2. The molecule has 0 unspecified atom stereocenters. The van der Waals surface area contributed by atoms with Crippen LogP contribution in [0.25, 0.3) is 38.6 Å². The van der Waals surface area contributed by atoms with Crippen LogP contribution in [-0.2, 0) is 25.7 Å². The van der Waals surface area contributed by atoms with Crippen molar-refractivity contribution in [3.63, 3.8) is 0 Å². The molecule has 0 saturated heterocycles. The van der Waals surface area contributed by atoms with Gasteiger partial charge in [0.1, 0.15) is 0 Å². The zero-order chi connectivity index (χ0) is 23.6. The van der Waals surface area contributed by atoms with Gasteiger partial charge in [0.15, 0.2) is 0 Å². The first-order valence-corrected chi connectivity index (χ1v) is 13.0. The van der Waals surface area contributed by atoms with Gasteiger partial charge in [-0.25, -0.2) is 0 Å². The molecule has 0 atom stereocenters. The van der Waals surface area contributed by atoms with E-state index in [1.165, 1.54) is 86.6 Å². The molecule has 0 aliphatic heterocycles. The van der Waals surface area contributed by atoms with E-state index in [4.69, 9.17) is 0 Å². The molecule has 0 bridgehead atoms. The molecule has 2 heteroatoms. The first-order valence-electron chi connectivity index (χ1n) is 13.0. The van der Waals surface area contributed by atoms with Crippen LogP contribution in [0.15, 0.2) is 103 Å². The van der Waals surface area contributed by atoms with Gasteiger partial charge in [-0.1, -0.05) is 54.6 Å². The van der Waals surface area contributed by atoms with Gasteiger partial charge in [-0.05, 0) is 102 Å². The number of rotatable bonds is 4. The van der Waals surface area contributed by atoms with Gasteiger partial charge < -0.3 is 9.88 Å². The van der Waals surface area contributed by atoms with Crippen LogP contribution in [0.3, 0.4) is 0 Å². The predicted octanol–water partition coefficient (Wildman–Crippen LogP) is 8.39. The van der Waals surface area contributed by atoms with Crippen molar-refractivity contribution in [2.45, 2.75) is 25.7 Å². The summed E-state index contributed by atoms with van der Waals surface area (Å²) in [5.74, 6) is 0. The van der Waals surface area contributed by atoms with Crippen LogP contribution in [0.5, 0.6) is 0 Å². The minimum atomic E-state index is 1.11. The second kappa shape index (κ2) is 7.60. The van der Waals surface area contributed by atoms with Crippen LogP contribution in [0.4, 0.5) is 11.4 Å². The zero-order valence-electron chi connectivity index (χ0n) is 20.1. The van der Waals surface area contributed by atoms with E-state index in [1.54, 1.807) is 0 Å². The number of fused-ring (bicyclic) bond motifs is 5. The molecule has 36 heavy (non-hydrogen) atoms. The molecule has 0 spiro atoms. The number of aromatic nitrogens is 1. The van der Waals surface area contributed by atoms with Crippen molar-refractivity contribution in [3.05, 3.63) is 125 Å². The van der Waals surface area contributed by atoms with E-state index in [2.05, 4.69) is 113 Å². The molecule has 5 aromatic carbocycles. The zero-order valence-corrected chi connectivity index (χ0v) is 20.1. The molecular formula is C34H26N2. The van der Waals surface area contributed by atoms with Crippen LogP contribution in [0.1, 0.15) is 22.3 Å². The summed E-state index contributed by atoms with van der Waals surface area (Å²) >= 11 is 0. The standard InChI is InChI=1S/C34H26N2/c1-3-7-27(8-4-1)35-30-17-18-31-34(33(30)26-16-12-22-11-13-23(22)19-26)29-20-24-14-15-25(24)21-32(29)36(31)28-9-5-2-6-10-28/h1-10,12,16-21,35H,11,13-15H2. The van der Waals surface area contributed by atoms with Gasteiger partial charge in [-0.15, -0.1) is 0 Å². The number of nitrogens with one attached hydrogen (secondary N) is 1. The fourth-order valence-corrected chi connectivity index (χ4v) is 6.09. The highest BCUT2D eigenvalue weighted by Gasteiger charge is 2.24. The fourth-order valence-electron chi connectivity index (χ4n) is 6.09. The van der Waals surface area contributed by atoms with Crippen LogP contribution < -0.4 is 5.32 Å². The molecule has 2 nitrogen and oxygen atoms in total. The number of para-hydroxylation sites is 2. The van der Waals surface area contributed by atoms with Crippen LogP contribution in [-0.4, -0.2) is 4.57 Å². The minimum Gasteiger partial charge on any atom is -0.355 e. The smallest absolute Gasteiger partial charge is 0.0548 e. The summed E-state index contributed by atoms with van der Waals surface area (Å²) in [7, 11) is 0. The van der Waals surface area contributed by atoms with Crippen molar-refractivity contribution >= 4 is 33.2 Å². The molecule has 0 amide bonds. The maximum atomic E-state index is 3.76. The predicted molar refractivity (Wildman–Crippen MR) is 151 cm³/mol. The maximum Gasteiger partial charge on any atom is 0.0548 e. The SMILES string of the molecule is c1ccc(Nc2ccc3c(c2-c2ccc4c(c2)CC4)c2cc4c(cc2n3-c2ccccc2)CC4)cc1. The van der Waals surface area contributed by atoms with Crippen molar-refractivity contribution in [1.29, 1.82) is 0 Å². The normalized spacial score (nSPS) is 13.7. The van der Waals surface area contributed by atoms with Crippen LogP contribution in [0.2, 0.25) is 0 Å². The Morgan fingerprint density at radius 3 is 1.97 bits per heavy atom. The summed E-state index contributed by atoms with van der Waals surface area (Å²) < 4.78 is 2.46. The first kappa shape index (κ1) is 19.9. The summed E-state index contributed by atoms with van der Waals surface area (Å²) in [5, 5.41) is 6.45. The lowest BCUT2D eigenvalue weighted by Crippen LogP contribution is -2.08. The lowest BCUT2D eigenvalue weighted by atomic mass is 9.84. The average Bonchev–Trinajstić information content (AvgIpc) is 3.20.